The second kappa shape index (κ2) is 7.29. The standard InChI is InChI=1S/C19H18Cl2N2O/c1-12(13-6-8-16(20)17(21)10-13)23-19(24)9-7-14-11-22-18-5-3-2-4-15(14)18/h2-6,8,10-12,22H,7,9H2,1H3,(H,23,24). The minimum absolute atomic E-state index is 0.0128. The Kier molecular flexibility index (Phi) is 5.12. The molecule has 124 valence electrons. The van der Waals surface area contributed by atoms with Crippen molar-refractivity contribution in [3.63, 3.8) is 0 Å². The predicted octanol–water partition coefficient (Wildman–Crippen LogP) is 5.28. The second-order valence-corrected chi connectivity index (χ2v) is 6.64. The summed E-state index contributed by atoms with van der Waals surface area (Å²) >= 11 is 12.0. The molecule has 1 heterocycles. The Morgan fingerprint density at radius 1 is 1.17 bits per heavy atom. The highest BCUT2D eigenvalue weighted by Crippen LogP contribution is 2.25. The Labute approximate surface area is 151 Å². The fraction of sp³-hybridized carbons (Fsp3) is 0.211. The zero-order chi connectivity index (χ0) is 17.1. The summed E-state index contributed by atoms with van der Waals surface area (Å²) in [5.41, 5.74) is 3.19. The van der Waals surface area contributed by atoms with Crippen LogP contribution >= 0.6 is 23.2 Å². The molecule has 0 saturated heterocycles. The van der Waals surface area contributed by atoms with Gasteiger partial charge in [0.25, 0.3) is 0 Å². The van der Waals surface area contributed by atoms with Crippen LogP contribution in [0.1, 0.15) is 30.5 Å². The number of fused-ring (bicyclic) bond motifs is 1. The van der Waals surface area contributed by atoms with Gasteiger partial charge in [-0.15, -0.1) is 0 Å². The second-order valence-electron chi connectivity index (χ2n) is 5.82. The normalized spacial score (nSPS) is 12.3. The summed E-state index contributed by atoms with van der Waals surface area (Å²) in [6.07, 6.45) is 3.11. The highest BCUT2D eigenvalue weighted by molar-refractivity contribution is 6.42. The molecule has 2 N–H and O–H groups in total. The van der Waals surface area contributed by atoms with Crippen LogP contribution in [0.25, 0.3) is 10.9 Å². The van der Waals surface area contributed by atoms with Gasteiger partial charge in [-0.05, 0) is 42.7 Å². The lowest BCUT2D eigenvalue weighted by Gasteiger charge is -2.15. The third-order valence-corrected chi connectivity index (χ3v) is 4.86. The van der Waals surface area contributed by atoms with Crippen LogP contribution in [0, 0.1) is 0 Å². The molecule has 0 fully saturated rings. The van der Waals surface area contributed by atoms with E-state index in [2.05, 4.69) is 16.4 Å². The lowest BCUT2D eigenvalue weighted by atomic mass is 10.1. The molecule has 0 aliphatic heterocycles. The van der Waals surface area contributed by atoms with Crippen LogP contribution < -0.4 is 5.32 Å². The first-order chi connectivity index (χ1) is 11.5. The van der Waals surface area contributed by atoms with Crippen LogP contribution in [-0.4, -0.2) is 10.9 Å². The zero-order valence-electron chi connectivity index (χ0n) is 13.3. The molecule has 1 atom stereocenters. The third-order valence-electron chi connectivity index (χ3n) is 4.12. The number of amides is 1. The van der Waals surface area contributed by atoms with E-state index in [0.717, 1.165) is 16.6 Å². The van der Waals surface area contributed by atoms with E-state index in [4.69, 9.17) is 23.2 Å². The van der Waals surface area contributed by atoms with Crippen molar-refractivity contribution in [3.05, 3.63) is 69.8 Å². The van der Waals surface area contributed by atoms with Crippen LogP contribution in [0.2, 0.25) is 10.0 Å². The maximum absolute atomic E-state index is 12.2. The van der Waals surface area contributed by atoms with Crippen LogP contribution in [0.15, 0.2) is 48.7 Å². The molecule has 1 aromatic heterocycles. The summed E-state index contributed by atoms with van der Waals surface area (Å²) in [4.78, 5) is 15.5. The van der Waals surface area contributed by atoms with E-state index >= 15 is 0 Å². The first-order valence-electron chi connectivity index (χ1n) is 7.84. The van der Waals surface area contributed by atoms with Gasteiger partial charge in [0, 0.05) is 23.5 Å². The topological polar surface area (TPSA) is 44.9 Å². The van der Waals surface area contributed by atoms with Gasteiger partial charge < -0.3 is 10.3 Å². The van der Waals surface area contributed by atoms with Gasteiger partial charge in [0.05, 0.1) is 16.1 Å². The number of benzene rings is 2. The Bertz CT molecular complexity index is 873. The largest absolute Gasteiger partial charge is 0.361 e. The fourth-order valence-corrected chi connectivity index (χ4v) is 3.07. The average molecular weight is 361 g/mol. The monoisotopic (exact) mass is 360 g/mol. The lowest BCUT2D eigenvalue weighted by Crippen LogP contribution is -2.26. The number of aromatic amines is 1. The van der Waals surface area contributed by atoms with Gasteiger partial charge in [0.1, 0.15) is 0 Å². The van der Waals surface area contributed by atoms with E-state index in [9.17, 15) is 4.79 Å². The number of para-hydroxylation sites is 1. The Hall–Kier alpha value is -1.97. The maximum Gasteiger partial charge on any atom is 0.220 e. The van der Waals surface area contributed by atoms with E-state index in [1.165, 1.54) is 5.39 Å². The van der Waals surface area contributed by atoms with Gasteiger partial charge in [-0.2, -0.15) is 0 Å². The van der Waals surface area contributed by atoms with Crippen molar-refractivity contribution in [2.45, 2.75) is 25.8 Å². The number of H-pyrrole nitrogens is 1. The van der Waals surface area contributed by atoms with Crippen LogP contribution in [0.3, 0.4) is 0 Å². The highest BCUT2D eigenvalue weighted by atomic mass is 35.5. The Balaban J connectivity index is 1.60. The maximum atomic E-state index is 12.2. The molecule has 0 spiro atoms. The number of carbonyl (C=O) groups is 1. The van der Waals surface area contributed by atoms with Crippen molar-refractivity contribution in [1.82, 2.24) is 10.3 Å². The molecule has 0 radical (unpaired) electrons. The van der Waals surface area contributed by atoms with Gasteiger partial charge in [-0.1, -0.05) is 47.5 Å². The number of nitrogens with one attached hydrogen (secondary N) is 2. The molecule has 5 heteroatoms. The number of hydrogen-bond donors (Lipinski definition) is 2. The summed E-state index contributed by atoms with van der Waals surface area (Å²) in [5.74, 6) is 0.0128. The van der Waals surface area contributed by atoms with E-state index in [1.54, 1.807) is 12.1 Å². The summed E-state index contributed by atoms with van der Waals surface area (Å²) in [6, 6.07) is 13.4. The zero-order valence-corrected chi connectivity index (χ0v) is 14.8. The molecular weight excluding hydrogens is 343 g/mol. The van der Waals surface area contributed by atoms with Crippen molar-refractivity contribution >= 4 is 40.0 Å². The van der Waals surface area contributed by atoms with Crippen molar-refractivity contribution < 1.29 is 4.79 Å². The molecule has 1 unspecified atom stereocenters. The molecule has 3 aromatic rings. The van der Waals surface area contributed by atoms with E-state index in [-0.39, 0.29) is 11.9 Å². The molecule has 0 saturated carbocycles. The number of rotatable bonds is 5. The molecular formula is C19H18Cl2N2O. The van der Waals surface area contributed by atoms with E-state index < -0.39 is 0 Å². The van der Waals surface area contributed by atoms with Gasteiger partial charge >= 0.3 is 0 Å². The molecule has 24 heavy (non-hydrogen) atoms. The Morgan fingerprint density at radius 2 is 1.96 bits per heavy atom. The summed E-state index contributed by atoms with van der Waals surface area (Å²) in [7, 11) is 0. The predicted molar refractivity (Wildman–Crippen MR) is 99.6 cm³/mol. The molecule has 1 amide bonds. The van der Waals surface area contributed by atoms with Crippen molar-refractivity contribution in [3.8, 4) is 0 Å². The number of aromatic nitrogens is 1. The molecule has 0 aliphatic rings. The van der Waals surface area contributed by atoms with Gasteiger partial charge in [0.2, 0.25) is 5.91 Å². The molecule has 0 aliphatic carbocycles. The SMILES string of the molecule is CC(NC(=O)CCc1c[nH]c2ccccc12)c1ccc(Cl)c(Cl)c1. The van der Waals surface area contributed by atoms with Crippen molar-refractivity contribution in [2.24, 2.45) is 0 Å². The van der Waals surface area contributed by atoms with Crippen molar-refractivity contribution in [2.75, 3.05) is 0 Å². The minimum Gasteiger partial charge on any atom is -0.361 e. The van der Waals surface area contributed by atoms with E-state index in [1.807, 2.05) is 37.4 Å². The minimum atomic E-state index is -0.116. The summed E-state index contributed by atoms with van der Waals surface area (Å²) in [5, 5.41) is 5.18. The Morgan fingerprint density at radius 3 is 2.75 bits per heavy atom. The van der Waals surface area contributed by atoms with E-state index in [0.29, 0.717) is 22.9 Å². The first kappa shape index (κ1) is 16.9. The first-order valence-corrected chi connectivity index (χ1v) is 8.59. The molecule has 0 bridgehead atoms. The number of halogens is 2. The lowest BCUT2D eigenvalue weighted by molar-refractivity contribution is -0.121. The van der Waals surface area contributed by atoms with Crippen LogP contribution in [0.5, 0.6) is 0 Å². The summed E-state index contributed by atoms with van der Waals surface area (Å²) < 4.78 is 0. The van der Waals surface area contributed by atoms with Crippen LogP contribution in [0.4, 0.5) is 0 Å². The highest BCUT2D eigenvalue weighted by Gasteiger charge is 2.12. The number of hydrogen-bond acceptors (Lipinski definition) is 1. The smallest absolute Gasteiger partial charge is 0.220 e. The molecule has 3 rings (SSSR count). The number of carbonyl (C=O) groups excluding carboxylic acids is 1. The third kappa shape index (κ3) is 3.74. The van der Waals surface area contributed by atoms with Gasteiger partial charge in [-0.25, -0.2) is 0 Å². The summed E-state index contributed by atoms with van der Waals surface area (Å²) in [6.45, 7) is 1.93. The quantitative estimate of drug-likeness (QED) is 0.638. The van der Waals surface area contributed by atoms with Crippen LogP contribution in [-0.2, 0) is 11.2 Å². The number of aryl methyl sites for hydroxylation is 1. The molecule has 2 aromatic carbocycles. The van der Waals surface area contributed by atoms with Gasteiger partial charge in [-0.3, -0.25) is 4.79 Å². The average Bonchev–Trinajstić information content (AvgIpc) is 2.98. The fourth-order valence-electron chi connectivity index (χ4n) is 2.77. The van der Waals surface area contributed by atoms with Crippen molar-refractivity contribution in [1.29, 1.82) is 0 Å². The molecule has 3 nitrogen and oxygen atoms in total. The van der Waals surface area contributed by atoms with Gasteiger partial charge in [0.15, 0.2) is 0 Å².